The highest BCUT2D eigenvalue weighted by atomic mass is 32.1. The molecule has 0 spiro atoms. The van der Waals surface area contributed by atoms with Crippen LogP contribution in [-0.2, 0) is 0 Å². The Morgan fingerprint density at radius 3 is 2.86 bits per heavy atom. The lowest BCUT2D eigenvalue weighted by Gasteiger charge is -2.41. The summed E-state index contributed by atoms with van der Waals surface area (Å²) in [5, 5.41) is 11.1. The van der Waals surface area contributed by atoms with Gasteiger partial charge in [0.1, 0.15) is 17.8 Å². The molecule has 4 heterocycles. The average molecular weight is 410 g/mol. The molecule has 0 radical (unpaired) electrons. The molecule has 10 heteroatoms. The summed E-state index contributed by atoms with van der Waals surface area (Å²) in [5.41, 5.74) is 6.74. The Balaban J connectivity index is 1.83. The Kier molecular flexibility index (Phi) is 5.01. The van der Waals surface area contributed by atoms with Crippen molar-refractivity contribution in [3.63, 3.8) is 0 Å². The van der Waals surface area contributed by atoms with Gasteiger partial charge in [-0.3, -0.25) is 9.13 Å². The first kappa shape index (κ1) is 19.1. The van der Waals surface area contributed by atoms with Crippen molar-refractivity contribution in [2.45, 2.75) is 39.3 Å². The molecule has 0 fully saturated rings. The molecule has 1 atom stereocenters. The number of hydrogen-bond donors (Lipinski definition) is 1. The Hall–Kier alpha value is -3.27. The maximum absolute atomic E-state index is 6.02. The predicted molar refractivity (Wildman–Crippen MR) is 115 cm³/mol. The molecule has 0 aromatic carbocycles. The Morgan fingerprint density at radius 2 is 2.21 bits per heavy atom. The quantitative estimate of drug-likeness (QED) is 0.695. The normalized spacial score (nSPS) is 19.3. The molecule has 0 bridgehead atoms. The van der Waals surface area contributed by atoms with Crippen molar-refractivity contribution in [2.75, 3.05) is 0 Å². The number of imidazole rings is 1. The lowest BCUT2D eigenvalue weighted by molar-refractivity contribution is 0.240. The van der Waals surface area contributed by atoms with E-state index in [0.29, 0.717) is 11.6 Å². The molecule has 0 aliphatic carbocycles. The van der Waals surface area contributed by atoms with Gasteiger partial charge in [-0.1, -0.05) is 13.5 Å². The first-order valence-electron chi connectivity index (χ1n) is 9.38. The summed E-state index contributed by atoms with van der Waals surface area (Å²) in [6.45, 7) is 10.6. The molecule has 150 valence electrons. The van der Waals surface area contributed by atoms with Crippen LogP contribution in [0, 0.1) is 0 Å². The van der Waals surface area contributed by atoms with E-state index in [1.165, 1.54) is 17.5 Å². The SMILES string of the molecule is C=C(/N=C1\C(=C/N)n2cnnc2[C@@H](CC)N1C(C)C)n1ccnc1-c1nccs1. The van der Waals surface area contributed by atoms with Crippen LogP contribution in [0.2, 0.25) is 0 Å². The van der Waals surface area contributed by atoms with Crippen LogP contribution in [0.3, 0.4) is 0 Å². The van der Waals surface area contributed by atoms with Crippen molar-refractivity contribution < 1.29 is 0 Å². The number of nitrogens with zero attached hydrogens (tertiary/aromatic N) is 8. The minimum Gasteiger partial charge on any atom is -0.403 e. The van der Waals surface area contributed by atoms with Crippen LogP contribution >= 0.6 is 11.3 Å². The number of hydrogen-bond acceptors (Lipinski definition) is 7. The number of thiazole rings is 1. The van der Waals surface area contributed by atoms with Crippen LogP contribution in [0.25, 0.3) is 22.4 Å². The molecule has 29 heavy (non-hydrogen) atoms. The molecular formula is C19H23N9S. The summed E-state index contributed by atoms with van der Waals surface area (Å²) in [7, 11) is 0. The standard InChI is InChI=1S/C19H23N9S/c1-5-14-17-25-23-11-27(17)15(10-20)16(28(14)12(2)3)24-13(4)26-8-6-21-18(26)19-22-7-9-29-19/h6-12,14H,4-5,20H2,1-3H3/b15-10+,24-16+/t14-/m1/s1. The number of amidine groups is 1. The van der Waals surface area contributed by atoms with Gasteiger partial charge in [0.2, 0.25) is 0 Å². The number of aliphatic imine (C=N–C) groups is 1. The maximum atomic E-state index is 6.02. The van der Waals surface area contributed by atoms with Crippen LogP contribution < -0.4 is 5.73 Å². The molecule has 4 rings (SSSR count). The number of rotatable bonds is 5. The summed E-state index contributed by atoms with van der Waals surface area (Å²) in [4.78, 5) is 15.9. The van der Waals surface area contributed by atoms with Crippen molar-refractivity contribution in [1.82, 2.24) is 34.2 Å². The van der Waals surface area contributed by atoms with Crippen LogP contribution in [0.5, 0.6) is 0 Å². The molecule has 2 N–H and O–H groups in total. The molecular weight excluding hydrogens is 386 g/mol. The van der Waals surface area contributed by atoms with Gasteiger partial charge in [-0.05, 0) is 20.3 Å². The van der Waals surface area contributed by atoms with E-state index in [1.54, 1.807) is 18.7 Å². The van der Waals surface area contributed by atoms with Gasteiger partial charge >= 0.3 is 0 Å². The van der Waals surface area contributed by atoms with Gasteiger partial charge in [0.15, 0.2) is 22.5 Å². The van der Waals surface area contributed by atoms with Gasteiger partial charge in [0.05, 0.1) is 6.04 Å². The van der Waals surface area contributed by atoms with E-state index >= 15 is 0 Å². The highest BCUT2D eigenvalue weighted by molar-refractivity contribution is 7.13. The fourth-order valence-electron chi connectivity index (χ4n) is 3.60. The number of fused-ring (bicyclic) bond motifs is 1. The van der Waals surface area contributed by atoms with Crippen molar-refractivity contribution >= 4 is 28.7 Å². The molecule has 3 aromatic rings. The monoisotopic (exact) mass is 409 g/mol. The van der Waals surface area contributed by atoms with E-state index < -0.39 is 0 Å². The van der Waals surface area contributed by atoms with E-state index in [1.807, 2.05) is 20.7 Å². The Morgan fingerprint density at radius 1 is 1.38 bits per heavy atom. The lowest BCUT2D eigenvalue weighted by Crippen LogP contribution is -2.46. The molecule has 1 aliphatic heterocycles. The fourth-order valence-corrected chi connectivity index (χ4v) is 4.23. The Bertz CT molecular complexity index is 1070. The second-order valence-corrected chi connectivity index (χ2v) is 7.74. The van der Waals surface area contributed by atoms with Crippen LogP contribution in [0.15, 0.2) is 48.1 Å². The predicted octanol–water partition coefficient (Wildman–Crippen LogP) is 3.06. The first-order valence-corrected chi connectivity index (χ1v) is 10.3. The molecule has 1 aliphatic rings. The Labute approximate surface area is 172 Å². The van der Waals surface area contributed by atoms with Gasteiger partial charge in [0, 0.05) is 36.2 Å². The third kappa shape index (κ3) is 3.15. The molecule has 3 aromatic heterocycles. The highest BCUT2D eigenvalue weighted by Crippen LogP contribution is 2.35. The van der Waals surface area contributed by atoms with Crippen molar-refractivity contribution in [3.8, 4) is 10.8 Å². The van der Waals surface area contributed by atoms with Crippen LogP contribution in [0.4, 0.5) is 0 Å². The summed E-state index contributed by atoms with van der Waals surface area (Å²) in [6, 6.07) is 0.210. The highest BCUT2D eigenvalue weighted by Gasteiger charge is 2.36. The summed E-state index contributed by atoms with van der Waals surface area (Å²) >= 11 is 1.52. The second kappa shape index (κ2) is 7.63. The van der Waals surface area contributed by atoms with Gasteiger partial charge < -0.3 is 10.6 Å². The van der Waals surface area contributed by atoms with E-state index in [4.69, 9.17) is 10.7 Å². The molecule has 9 nitrogen and oxygen atoms in total. The molecule has 0 saturated heterocycles. The topological polar surface area (TPSA) is 103 Å². The molecule has 0 unspecified atom stereocenters. The zero-order chi connectivity index (χ0) is 20.5. The average Bonchev–Trinajstić information content (AvgIpc) is 3.46. The minimum absolute atomic E-state index is 0.0361. The zero-order valence-electron chi connectivity index (χ0n) is 16.6. The van der Waals surface area contributed by atoms with Crippen molar-refractivity contribution in [1.29, 1.82) is 0 Å². The molecule has 0 amide bonds. The fraction of sp³-hybridized carbons (Fsp3) is 0.316. The van der Waals surface area contributed by atoms with Crippen molar-refractivity contribution in [3.05, 3.63) is 48.9 Å². The third-order valence-corrected chi connectivity index (χ3v) is 5.59. The van der Waals surface area contributed by atoms with Crippen molar-refractivity contribution in [2.24, 2.45) is 10.7 Å². The van der Waals surface area contributed by atoms with E-state index in [0.717, 1.165) is 28.8 Å². The van der Waals surface area contributed by atoms with Gasteiger partial charge in [0.25, 0.3) is 0 Å². The second-order valence-electron chi connectivity index (χ2n) is 6.85. The van der Waals surface area contributed by atoms with Gasteiger partial charge in [-0.25, -0.2) is 15.0 Å². The summed E-state index contributed by atoms with van der Waals surface area (Å²) < 4.78 is 3.73. The van der Waals surface area contributed by atoms with Crippen LogP contribution in [0.1, 0.15) is 39.1 Å². The van der Waals surface area contributed by atoms with E-state index in [-0.39, 0.29) is 12.1 Å². The summed E-state index contributed by atoms with van der Waals surface area (Å²) in [6.07, 6.45) is 9.37. The largest absolute Gasteiger partial charge is 0.403 e. The zero-order valence-corrected chi connectivity index (χ0v) is 17.4. The first-order chi connectivity index (χ1) is 14.1. The van der Waals surface area contributed by atoms with Crippen LogP contribution in [-0.4, -0.2) is 46.1 Å². The minimum atomic E-state index is 0.0361. The number of nitrogens with two attached hydrogens (primary N) is 1. The maximum Gasteiger partial charge on any atom is 0.175 e. The smallest absolute Gasteiger partial charge is 0.175 e. The summed E-state index contributed by atoms with van der Waals surface area (Å²) in [5.74, 6) is 2.81. The third-order valence-electron chi connectivity index (χ3n) is 4.82. The lowest BCUT2D eigenvalue weighted by atomic mass is 10.1. The molecule has 0 saturated carbocycles. The van der Waals surface area contributed by atoms with E-state index in [9.17, 15) is 0 Å². The van der Waals surface area contributed by atoms with E-state index in [2.05, 4.69) is 52.4 Å². The van der Waals surface area contributed by atoms with Gasteiger partial charge in [-0.2, -0.15) is 0 Å². The van der Waals surface area contributed by atoms with Gasteiger partial charge in [-0.15, -0.1) is 21.5 Å². The number of aromatic nitrogens is 6.